The highest BCUT2D eigenvalue weighted by atomic mass is 16.2. The molecular weight excluding hydrogens is 288 g/mol. The van der Waals surface area contributed by atoms with Crippen LogP contribution in [0.3, 0.4) is 0 Å². The van der Waals surface area contributed by atoms with Crippen LogP contribution in [0.25, 0.3) is 22.0 Å². The fourth-order valence-electron chi connectivity index (χ4n) is 2.46. The average molecular weight is 306 g/mol. The first kappa shape index (κ1) is 15.0. The number of pyridine rings is 2. The summed E-state index contributed by atoms with van der Waals surface area (Å²) in [6.07, 6.45) is 3.47. The molecule has 0 radical (unpaired) electrons. The molecule has 3 rings (SSSR count). The van der Waals surface area contributed by atoms with Gasteiger partial charge in [0.1, 0.15) is 5.82 Å². The molecule has 0 spiro atoms. The van der Waals surface area contributed by atoms with E-state index in [-0.39, 0.29) is 6.03 Å². The molecular formula is C18H18N4O. The van der Waals surface area contributed by atoms with Crippen LogP contribution in [0, 0.1) is 6.92 Å². The first-order valence-corrected chi connectivity index (χ1v) is 7.54. The van der Waals surface area contributed by atoms with E-state index in [1.165, 1.54) is 0 Å². The lowest BCUT2D eigenvalue weighted by atomic mass is 10.0. The van der Waals surface area contributed by atoms with Crippen molar-refractivity contribution >= 4 is 22.8 Å². The zero-order valence-corrected chi connectivity index (χ0v) is 13.1. The standard InChI is InChI=1S/C18H18N4O/c1-3-20-18(23)22-17-15(13-6-4-5-12(2)9-13)10-14-11-19-8-7-16(14)21-17/h4-11H,3H2,1-2H3,(H2,20,21,22,23). The van der Waals surface area contributed by atoms with E-state index in [0.29, 0.717) is 12.4 Å². The van der Waals surface area contributed by atoms with Crippen LogP contribution in [-0.2, 0) is 0 Å². The lowest BCUT2D eigenvalue weighted by Gasteiger charge is -2.13. The fraction of sp³-hybridized carbons (Fsp3) is 0.167. The molecule has 2 amide bonds. The summed E-state index contributed by atoms with van der Waals surface area (Å²) in [6, 6.07) is 11.7. The molecule has 1 aromatic carbocycles. The minimum absolute atomic E-state index is 0.262. The molecule has 5 heteroatoms. The van der Waals surface area contributed by atoms with Crippen LogP contribution in [0.5, 0.6) is 0 Å². The minimum atomic E-state index is -0.262. The van der Waals surface area contributed by atoms with Crippen molar-refractivity contribution in [2.75, 3.05) is 11.9 Å². The van der Waals surface area contributed by atoms with Crippen molar-refractivity contribution < 1.29 is 4.79 Å². The predicted molar refractivity (Wildman–Crippen MR) is 92.4 cm³/mol. The lowest BCUT2D eigenvalue weighted by molar-refractivity contribution is 0.252. The van der Waals surface area contributed by atoms with Crippen LogP contribution in [0.1, 0.15) is 12.5 Å². The Morgan fingerprint density at radius 1 is 1.22 bits per heavy atom. The molecule has 0 unspecified atom stereocenters. The first-order valence-electron chi connectivity index (χ1n) is 7.54. The summed E-state index contributed by atoms with van der Waals surface area (Å²) in [6.45, 7) is 4.47. The number of hydrogen-bond donors (Lipinski definition) is 2. The van der Waals surface area contributed by atoms with Gasteiger partial charge in [0.05, 0.1) is 5.52 Å². The molecule has 5 nitrogen and oxygen atoms in total. The number of aryl methyl sites for hydroxylation is 1. The summed E-state index contributed by atoms with van der Waals surface area (Å²) in [7, 11) is 0. The minimum Gasteiger partial charge on any atom is -0.338 e. The molecule has 2 N–H and O–H groups in total. The summed E-state index contributed by atoms with van der Waals surface area (Å²) in [5, 5.41) is 6.51. The fourth-order valence-corrected chi connectivity index (χ4v) is 2.46. The van der Waals surface area contributed by atoms with Gasteiger partial charge in [-0.2, -0.15) is 0 Å². The Kier molecular flexibility index (Phi) is 4.19. The molecule has 3 aromatic rings. The van der Waals surface area contributed by atoms with Crippen LogP contribution >= 0.6 is 0 Å². The van der Waals surface area contributed by atoms with Gasteiger partial charge in [-0.15, -0.1) is 0 Å². The van der Waals surface area contributed by atoms with Crippen molar-refractivity contribution in [3.63, 3.8) is 0 Å². The quantitative estimate of drug-likeness (QED) is 0.774. The molecule has 23 heavy (non-hydrogen) atoms. The topological polar surface area (TPSA) is 66.9 Å². The largest absolute Gasteiger partial charge is 0.338 e. The second-order valence-electron chi connectivity index (χ2n) is 5.31. The van der Waals surface area contributed by atoms with E-state index in [0.717, 1.165) is 27.6 Å². The Bertz CT molecular complexity index is 861. The van der Waals surface area contributed by atoms with E-state index in [1.807, 2.05) is 44.2 Å². The summed E-state index contributed by atoms with van der Waals surface area (Å²) >= 11 is 0. The van der Waals surface area contributed by atoms with E-state index in [2.05, 4.69) is 26.7 Å². The van der Waals surface area contributed by atoms with Gasteiger partial charge in [-0.05, 0) is 31.5 Å². The predicted octanol–water partition coefficient (Wildman–Crippen LogP) is 3.75. The highest BCUT2D eigenvalue weighted by Gasteiger charge is 2.12. The number of urea groups is 1. The van der Waals surface area contributed by atoms with Crippen molar-refractivity contribution in [2.24, 2.45) is 0 Å². The van der Waals surface area contributed by atoms with Gasteiger partial charge in [-0.1, -0.05) is 29.8 Å². The van der Waals surface area contributed by atoms with E-state index < -0.39 is 0 Å². The summed E-state index contributed by atoms with van der Waals surface area (Å²) < 4.78 is 0. The van der Waals surface area contributed by atoms with E-state index in [4.69, 9.17) is 0 Å². The summed E-state index contributed by atoms with van der Waals surface area (Å²) in [5.41, 5.74) is 3.83. The van der Waals surface area contributed by atoms with Gasteiger partial charge in [0, 0.05) is 29.9 Å². The maximum absolute atomic E-state index is 11.9. The Labute approximate surface area is 134 Å². The van der Waals surface area contributed by atoms with Gasteiger partial charge in [0.15, 0.2) is 0 Å². The number of carbonyl (C=O) groups excluding carboxylic acids is 1. The van der Waals surface area contributed by atoms with Gasteiger partial charge in [-0.25, -0.2) is 9.78 Å². The van der Waals surface area contributed by atoms with Crippen LogP contribution in [0.2, 0.25) is 0 Å². The number of benzene rings is 1. The number of amides is 2. The van der Waals surface area contributed by atoms with Crippen LogP contribution < -0.4 is 10.6 Å². The number of hydrogen-bond acceptors (Lipinski definition) is 3. The van der Waals surface area contributed by atoms with Crippen LogP contribution in [0.4, 0.5) is 10.6 Å². The molecule has 116 valence electrons. The van der Waals surface area contributed by atoms with Crippen molar-refractivity contribution in [3.8, 4) is 11.1 Å². The van der Waals surface area contributed by atoms with Gasteiger partial charge in [-0.3, -0.25) is 10.3 Å². The Balaban J connectivity index is 2.14. The number of aromatic nitrogens is 2. The SMILES string of the molecule is CCNC(=O)Nc1nc2ccncc2cc1-c1cccc(C)c1. The van der Waals surface area contributed by atoms with E-state index in [9.17, 15) is 4.79 Å². The number of nitrogens with zero attached hydrogens (tertiary/aromatic N) is 2. The van der Waals surface area contributed by atoms with Crippen molar-refractivity contribution in [1.29, 1.82) is 0 Å². The molecule has 2 heterocycles. The molecule has 0 saturated carbocycles. The van der Waals surface area contributed by atoms with E-state index in [1.54, 1.807) is 12.4 Å². The van der Waals surface area contributed by atoms with Crippen LogP contribution in [0.15, 0.2) is 48.8 Å². The smallest absolute Gasteiger partial charge is 0.320 e. The number of carbonyl (C=O) groups is 1. The van der Waals surface area contributed by atoms with Gasteiger partial charge < -0.3 is 5.32 Å². The molecule has 0 saturated heterocycles. The van der Waals surface area contributed by atoms with Crippen molar-refractivity contribution in [2.45, 2.75) is 13.8 Å². The van der Waals surface area contributed by atoms with Gasteiger partial charge in [0.25, 0.3) is 0 Å². The number of anilines is 1. The summed E-state index contributed by atoms with van der Waals surface area (Å²) in [5.74, 6) is 0.542. The average Bonchev–Trinajstić information content (AvgIpc) is 2.54. The normalized spacial score (nSPS) is 10.5. The Hall–Kier alpha value is -2.95. The summed E-state index contributed by atoms with van der Waals surface area (Å²) in [4.78, 5) is 20.7. The lowest BCUT2D eigenvalue weighted by Crippen LogP contribution is -2.28. The zero-order chi connectivity index (χ0) is 16.2. The first-order chi connectivity index (χ1) is 11.2. The third kappa shape index (κ3) is 3.29. The van der Waals surface area contributed by atoms with Crippen LogP contribution in [-0.4, -0.2) is 22.5 Å². The van der Waals surface area contributed by atoms with E-state index >= 15 is 0 Å². The second kappa shape index (κ2) is 6.44. The maximum atomic E-state index is 11.9. The number of nitrogens with one attached hydrogen (secondary N) is 2. The molecule has 0 fully saturated rings. The second-order valence-corrected chi connectivity index (χ2v) is 5.31. The molecule has 0 aliphatic carbocycles. The third-order valence-electron chi connectivity index (χ3n) is 3.51. The van der Waals surface area contributed by atoms with Crippen molar-refractivity contribution in [1.82, 2.24) is 15.3 Å². The highest BCUT2D eigenvalue weighted by Crippen LogP contribution is 2.30. The third-order valence-corrected chi connectivity index (χ3v) is 3.51. The molecule has 0 bridgehead atoms. The zero-order valence-electron chi connectivity index (χ0n) is 13.1. The van der Waals surface area contributed by atoms with Gasteiger partial charge in [0.2, 0.25) is 0 Å². The highest BCUT2D eigenvalue weighted by molar-refractivity contribution is 5.96. The maximum Gasteiger partial charge on any atom is 0.320 e. The van der Waals surface area contributed by atoms with Gasteiger partial charge >= 0.3 is 6.03 Å². The molecule has 0 aliphatic heterocycles. The molecule has 2 aromatic heterocycles. The molecule has 0 aliphatic rings. The Morgan fingerprint density at radius 2 is 2.09 bits per heavy atom. The van der Waals surface area contributed by atoms with Crippen molar-refractivity contribution in [3.05, 3.63) is 54.4 Å². The monoisotopic (exact) mass is 306 g/mol. The number of fused-ring (bicyclic) bond motifs is 1. The Morgan fingerprint density at radius 3 is 2.87 bits per heavy atom. The number of rotatable bonds is 3. The molecule has 0 atom stereocenters.